The van der Waals surface area contributed by atoms with Crippen molar-refractivity contribution in [3.63, 3.8) is 0 Å². The molecular weight excluding hydrogens is 285 g/mol. The van der Waals surface area contributed by atoms with Crippen LogP contribution in [0.3, 0.4) is 0 Å². The minimum absolute atomic E-state index is 0.307. The first-order chi connectivity index (χ1) is 9.13. The second-order valence-corrected chi connectivity index (χ2v) is 4.92. The van der Waals surface area contributed by atoms with Crippen molar-refractivity contribution in [3.05, 3.63) is 59.1 Å². The molecule has 1 heterocycles. The van der Waals surface area contributed by atoms with Gasteiger partial charge in [-0.1, -0.05) is 35.3 Å². The molecule has 0 aliphatic carbocycles. The highest BCUT2D eigenvalue weighted by atomic mass is 35.5. The molecule has 0 spiro atoms. The molecule has 2 aromatic rings. The summed E-state index contributed by atoms with van der Waals surface area (Å²) in [7, 11) is 0. The second-order valence-electron chi connectivity index (χ2n) is 4.08. The van der Waals surface area contributed by atoms with Crippen molar-refractivity contribution in [2.24, 2.45) is 0 Å². The molecule has 1 N–H and O–H groups in total. The van der Waals surface area contributed by atoms with Gasteiger partial charge in [0.05, 0.1) is 6.04 Å². The number of halogens is 2. The zero-order valence-electron chi connectivity index (χ0n) is 10.1. The Morgan fingerprint density at radius 3 is 2.79 bits per heavy atom. The van der Waals surface area contributed by atoms with Crippen LogP contribution in [0.2, 0.25) is 10.0 Å². The largest absolute Gasteiger partial charge is 0.386 e. The molecule has 0 saturated heterocycles. The van der Waals surface area contributed by atoms with Gasteiger partial charge in [0.2, 0.25) is 0 Å². The van der Waals surface area contributed by atoms with E-state index in [-0.39, 0.29) is 6.04 Å². The van der Waals surface area contributed by atoms with Gasteiger partial charge in [-0.25, -0.2) is 9.67 Å². The Morgan fingerprint density at radius 1 is 1.42 bits per heavy atom. The molecule has 0 aliphatic heterocycles. The van der Waals surface area contributed by atoms with Gasteiger partial charge in [-0.3, -0.25) is 0 Å². The predicted molar refractivity (Wildman–Crippen MR) is 75.3 cm³/mol. The third kappa shape index (κ3) is 3.15. The molecule has 19 heavy (non-hydrogen) atoms. The molecule has 4 nitrogen and oxygen atoms in total. The molecule has 0 fully saturated rings. The SMILES string of the molecule is C=CCC(C(O)c1ccc(Cl)cc1Cl)n1cncn1. The zero-order valence-corrected chi connectivity index (χ0v) is 11.6. The van der Waals surface area contributed by atoms with Crippen molar-refractivity contribution in [2.45, 2.75) is 18.6 Å². The average Bonchev–Trinajstić information content (AvgIpc) is 2.89. The molecule has 0 aliphatic rings. The lowest BCUT2D eigenvalue weighted by atomic mass is 10.00. The highest BCUT2D eigenvalue weighted by molar-refractivity contribution is 6.35. The van der Waals surface area contributed by atoms with Crippen LogP contribution < -0.4 is 0 Å². The van der Waals surface area contributed by atoms with E-state index in [1.807, 2.05) is 0 Å². The van der Waals surface area contributed by atoms with Crippen molar-refractivity contribution in [1.29, 1.82) is 0 Å². The van der Waals surface area contributed by atoms with Gasteiger partial charge in [-0.05, 0) is 18.6 Å². The maximum absolute atomic E-state index is 10.5. The van der Waals surface area contributed by atoms with Crippen LogP contribution in [0.5, 0.6) is 0 Å². The van der Waals surface area contributed by atoms with E-state index in [0.717, 1.165) is 0 Å². The van der Waals surface area contributed by atoms with E-state index in [4.69, 9.17) is 23.2 Å². The highest BCUT2D eigenvalue weighted by Gasteiger charge is 2.24. The summed E-state index contributed by atoms with van der Waals surface area (Å²) in [5, 5.41) is 15.5. The quantitative estimate of drug-likeness (QED) is 0.860. The van der Waals surface area contributed by atoms with E-state index in [9.17, 15) is 5.11 Å². The number of hydrogen-bond donors (Lipinski definition) is 1. The first-order valence-electron chi connectivity index (χ1n) is 5.71. The fraction of sp³-hybridized carbons (Fsp3) is 0.231. The Kier molecular flexibility index (Phi) is 4.58. The molecule has 0 radical (unpaired) electrons. The Balaban J connectivity index is 2.33. The number of rotatable bonds is 5. The maximum atomic E-state index is 10.5. The van der Waals surface area contributed by atoms with Gasteiger partial charge in [0.1, 0.15) is 18.8 Å². The molecule has 0 amide bonds. The van der Waals surface area contributed by atoms with Crippen molar-refractivity contribution in [1.82, 2.24) is 14.8 Å². The van der Waals surface area contributed by atoms with Gasteiger partial charge in [0, 0.05) is 15.6 Å². The lowest BCUT2D eigenvalue weighted by molar-refractivity contribution is 0.107. The van der Waals surface area contributed by atoms with E-state index in [1.54, 1.807) is 35.3 Å². The van der Waals surface area contributed by atoms with E-state index in [0.29, 0.717) is 22.0 Å². The highest BCUT2D eigenvalue weighted by Crippen LogP contribution is 2.34. The van der Waals surface area contributed by atoms with Gasteiger partial charge in [0.15, 0.2) is 0 Å². The predicted octanol–water partition coefficient (Wildman–Crippen LogP) is 3.44. The Labute approximate surface area is 121 Å². The summed E-state index contributed by atoms with van der Waals surface area (Å²) >= 11 is 12.0. The summed E-state index contributed by atoms with van der Waals surface area (Å²) in [5.41, 5.74) is 0.605. The van der Waals surface area contributed by atoms with Crippen LogP contribution in [0.1, 0.15) is 24.1 Å². The first-order valence-corrected chi connectivity index (χ1v) is 6.47. The summed E-state index contributed by atoms with van der Waals surface area (Å²) in [4.78, 5) is 3.89. The lowest BCUT2D eigenvalue weighted by Crippen LogP contribution is -2.18. The van der Waals surface area contributed by atoms with Crippen LogP contribution in [-0.4, -0.2) is 19.9 Å². The Hall–Kier alpha value is -1.36. The smallest absolute Gasteiger partial charge is 0.137 e. The number of aliphatic hydroxyl groups is 1. The maximum Gasteiger partial charge on any atom is 0.137 e. The van der Waals surface area contributed by atoms with E-state index >= 15 is 0 Å². The van der Waals surface area contributed by atoms with Crippen LogP contribution >= 0.6 is 23.2 Å². The number of benzene rings is 1. The zero-order chi connectivity index (χ0) is 13.8. The van der Waals surface area contributed by atoms with Gasteiger partial charge in [-0.15, -0.1) is 6.58 Å². The fourth-order valence-electron chi connectivity index (χ4n) is 1.89. The number of allylic oxidation sites excluding steroid dienone is 1. The third-order valence-corrected chi connectivity index (χ3v) is 3.39. The monoisotopic (exact) mass is 297 g/mol. The third-order valence-electron chi connectivity index (χ3n) is 2.83. The molecule has 0 bridgehead atoms. The topological polar surface area (TPSA) is 50.9 Å². The van der Waals surface area contributed by atoms with E-state index in [2.05, 4.69) is 16.7 Å². The lowest BCUT2D eigenvalue weighted by Gasteiger charge is -2.23. The minimum Gasteiger partial charge on any atom is -0.386 e. The van der Waals surface area contributed by atoms with Gasteiger partial charge >= 0.3 is 0 Å². The normalized spacial score (nSPS) is 14.1. The molecular formula is C13H13Cl2N3O. The van der Waals surface area contributed by atoms with E-state index in [1.165, 1.54) is 6.33 Å². The van der Waals surface area contributed by atoms with Crippen molar-refractivity contribution < 1.29 is 5.11 Å². The Morgan fingerprint density at radius 2 is 2.21 bits per heavy atom. The van der Waals surface area contributed by atoms with Crippen molar-refractivity contribution >= 4 is 23.2 Å². The number of nitrogens with zero attached hydrogens (tertiary/aromatic N) is 3. The van der Waals surface area contributed by atoms with Gasteiger partial charge < -0.3 is 5.11 Å². The number of hydrogen-bond acceptors (Lipinski definition) is 3. The molecule has 1 aromatic heterocycles. The van der Waals surface area contributed by atoms with Crippen LogP contribution in [-0.2, 0) is 0 Å². The summed E-state index contributed by atoms with van der Waals surface area (Å²) in [6, 6.07) is 4.70. The fourth-order valence-corrected chi connectivity index (χ4v) is 2.41. The molecule has 6 heteroatoms. The van der Waals surface area contributed by atoms with Crippen LogP contribution in [0.15, 0.2) is 43.5 Å². The molecule has 100 valence electrons. The van der Waals surface area contributed by atoms with E-state index < -0.39 is 6.10 Å². The second kappa shape index (κ2) is 6.19. The minimum atomic E-state index is -0.815. The first kappa shape index (κ1) is 14.1. The summed E-state index contributed by atoms with van der Waals surface area (Å²) in [5.74, 6) is 0. The molecule has 1 aromatic carbocycles. The number of aliphatic hydroxyl groups excluding tert-OH is 1. The molecule has 2 rings (SSSR count). The standard InChI is InChI=1S/C13H13Cl2N3O/c1-2-3-12(18-8-16-7-17-18)13(19)10-5-4-9(14)6-11(10)15/h2,4-8,12-13,19H,1,3H2. The van der Waals surface area contributed by atoms with Gasteiger partial charge in [-0.2, -0.15) is 5.10 Å². The number of aromatic nitrogens is 3. The Bertz CT molecular complexity index is 557. The van der Waals surface area contributed by atoms with Crippen LogP contribution in [0.4, 0.5) is 0 Å². The molecule has 2 unspecified atom stereocenters. The van der Waals surface area contributed by atoms with Crippen LogP contribution in [0, 0.1) is 0 Å². The van der Waals surface area contributed by atoms with Crippen LogP contribution in [0.25, 0.3) is 0 Å². The summed E-state index contributed by atoms with van der Waals surface area (Å²) in [6.45, 7) is 3.70. The summed E-state index contributed by atoms with van der Waals surface area (Å²) < 4.78 is 1.59. The molecule has 2 atom stereocenters. The van der Waals surface area contributed by atoms with Crippen molar-refractivity contribution in [2.75, 3.05) is 0 Å². The van der Waals surface area contributed by atoms with Crippen molar-refractivity contribution in [3.8, 4) is 0 Å². The van der Waals surface area contributed by atoms with Gasteiger partial charge in [0.25, 0.3) is 0 Å². The average molecular weight is 298 g/mol. The molecule has 0 saturated carbocycles. The summed E-state index contributed by atoms with van der Waals surface area (Å²) in [6.07, 6.45) is 4.43.